The second-order valence-electron chi connectivity index (χ2n) is 4.64. The van der Waals surface area contributed by atoms with E-state index in [1.807, 2.05) is 0 Å². The molecule has 1 unspecified atom stereocenters. The van der Waals surface area contributed by atoms with E-state index in [9.17, 15) is 0 Å². The molecule has 1 aliphatic heterocycles. The van der Waals surface area contributed by atoms with Gasteiger partial charge in [0, 0.05) is 24.2 Å². The standard InChI is InChI=1S/C14H27IO4/c15-7-11-17-13-12-16-8-3-1-4-9-18-14-6-2-5-10-19-14/h14H,1-13H2. The number of ether oxygens (including phenoxy) is 4. The first kappa shape index (κ1) is 17.6. The Bertz CT molecular complexity index is 186. The largest absolute Gasteiger partial charge is 0.379 e. The van der Waals surface area contributed by atoms with E-state index in [0.29, 0.717) is 13.2 Å². The lowest BCUT2D eigenvalue weighted by atomic mass is 10.2. The highest BCUT2D eigenvalue weighted by molar-refractivity contribution is 14.1. The lowest BCUT2D eigenvalue weighted by Crippen LogP contribution is -2.22. The minimum absolute atomic E-state index is 0.0556. The molecular weight excluding hydrogens is 359 g/mol. The maximum atomic E-state index is 5.67. The fourth-order valence-corrected chi connectivity index (χ4v) is 2.23. The molecule has 0 aromatic carbocycles. The Labute approximate surface area is 130 Å². The van der Waals surface area contributed by atoms with Gasteiger partial charge in [-0.3, -0.25) is 0 Å². The van der Waals surface area contributed by atoms with Crippen LogP contribution in [0.5, 0.6) is 0 Å². The fraction of sp³-hybridized carbons (Fsp3) is 1.00. The van der Waals surface area contributed by atoms with E-state index in [0.717, 1.165) is 56.5 Å². The maximum Gasteiger partial charge on any atom is 0.157 e. The summed E-state index contributed by atoms with van der Waals surface area (Å²) in [4.78, 5) is 0. The molecule has 0 radical (unpaired) electrons. The van der Waals surface area contributed by atoms with Crippen LogP contribution in [0, 0.1) is 0 Å². The van der Waals surface area contributed by atoms with E-state index in [1.54, 1.807) is 0 Å². The Morgan fingerprint density at radius 2 is 1.68 bits per heavy atom. The molecule has 19 heavy (non-hydrogen) atoms. The average Bonchev–Trinajstić information content (AvgIpc) is 2.46. The molecule has 4 nitrogen and oxygen atoms in total. The number of rotatable bonds is 12. The highest BCUT2D eigenvalue weighted by Gasteiger charge is 2.13. The number of alkyl halides is 1. The molecule has 0 bridgehead atoms. The van der Waals surface area contributed by atoms with Gasteiger partial charge in [0.2, 0.25) is 0 Å². The molecule has 0 aromatic heterocycles. The first-order valence-electron chi connectivity index (χ1n) is 7.38. The van der Waals surface area contributed by atoms with Crippen molar-refractivity contribution in [3.63, 3.8) is 0 Å². The van der Waals surface area contributed by atoms with Crippen LogP contribution in [0.2, 0.25) is 0 Å². The van der Waals surface area contributed by atoms with Crippen LogP contribution in [-0.4, -0.2) is 50.4 Å². The molecule has 0 saturated carbocycles. The summed E-state index contributed by atoms with van der Waals surface area (Å²) < 4.78 is 23.0. The van der Waals surface area contributed by atoms with Crippen molar-refractivity contribution in [3.05, 3.63) is 0 Å². The van der Waals surface area contributed by atoms with Crippen molar-refractivity contribution in [2.75, 3.05) is 44.1 Å². The lowest BCUT2D eigenvalue weighted by Gasteiger charge is -2.22. The second kappa shape index (κ2) is 13.5. The minimum atomic E-state index is 0.0556. The normalized spacial score (nSPS) is 19.7. The number of halogens is 1. The van der Waals surface area contributed by atoms with Gasteiger partial charge in [0.25, 0.3) is 0 Å². The van der Waals surface area contributed by atoms with Crippen LogP contribution in [0.4, 0.5) is 0 Å². The van der Waals surface area contributed by atoms with Crippen molar-refractivity contribution in [3.8, 4) is 0 Å². The third kappa shape index (κ3) is 11.0. The molecule has 0 aliphatic carbocycles. The van der Waals surface area contributed by atoms with Gasteiger partial charge in [0.15, 0.2) is 6.29 Å². The van der Waals surface area contributed by atoms with Gasteiger partial charge < -0.3 is 18.9 Å². The van der Waals surface area contributed by atoms with Crippen LogP contribution >= 0.6 is 22.6 Å². The van der Waals surface area contributed by atoms with Crippen molar-refractivity contribution in [1.29, 1.82) is 0 Å². The smallest absolute Gasteiger partial charge is 0.157 e. The molecule has 0 spiro atoms. The zero-order valence-electron chi connectivity index (χ0n) is 11.8. The monoisotopic (exact) mass is 386 g/mol. The van der Waals surface area contributed by atoms with Gasteiger partial charge >= 0.3 is 0 Å². The van der Waals surface area contributed by atoms with Crippen LogP contribution in [-0.2, 0) is 18.9 Å². The van der Waals surface area contributed by atoms with Gasteiger partial charge in [-0.05, 0) is 38.5 Å². The molecule has 0 aromatic rings. The van der Waals surface area contributed by atoms with E-state index >= 15 is 0 Å². The topological polar surface area (TPSA) is 36.9 Å². The fourth-order valence-electron chi connectivity index (χ4n) is 1.92. The number of hydrogen-bond acceptors (Lipinski definition) is 4. The highest BCUT2D eigenvalue weighted by atomic mass is 127. The first-order chi connectivity index (χ1) is 9.43. The van der Waals surface area contributed by atoms with E-state index in [1.165, 1.54) is 12.8 Å². The van der Waals surface area contributed by atoms with Gasteiger partial charge in [-0.1, -0.05) is 22.6 Å². The average molecular weight is 386 g/mol. The first-order valence-corrected chi connectivity index (χ1v) is 8.90. The van der Waals surface area contributed by atoms with Gasteiger partial charge in [-0.2, -0.15) is 0 Å². The van der Waals surface area contributed by atoms with Crippen molar-refractivity contribution < 1.29 is 18.9 Å². The summed E-state index contributed by atoms with van der Waals surface area (Å²) in [6, 6.07) is 0. The quantitative estimate of drug-likeness (QED) is 0.293. The number of unbranched alkanes of at least 4 members (excludes halogenated alkanes) is 2. The van der Waals surface area contributed by atoms with Crippen molar-refractivity contribution in [2.24, 2.45) is 0 Å². The van der Waals surface area contributed by atoms with Crippen molar-refractivity contribution >= 4 is 22.6 Å². The summed E-state index contributed by atoms with van der Waals surface area (Å²) in [5.74, 6) is 0. The van der Waals surface area contributed by atoms with E-state index in [4.69, 9.17) is 18.9 Å². The molecule has 0 N–H and O–H groups in total. The predicted octanol–water partition coefficient (Wildman–Crippen LogP) is 3.17. The van der Waals surface area contributed by atoms with Crippen molar-refractivity contribution in [1.82, 2.24) is 0 Å². The summed E-state index contributed by atoms with van der Waals surface area (Å²) in [6.07, 6.45) is 6.87. The molecule has 1 atom stereocenters. The van der Waals surface area contributed by atoms with Gasteiger partial charge in [0.1, 0.15) is 0 Å². The Balaban J connectivity index is 1.71. The molecule has 1 fully saturated rings. The maximum absolute atomic E-state index is 5.67. The Kier molecular flexibility index (Phi) is 12.6. The van der Waals surface area contributed by atoms with Crippen LogP contribution < -0.4 is 0 Å². The summed E-state index contributed by atoms with van der Waals surface area (Å²) in [7, 11) is 0. The SMILES string of the molecule is ICCOCCOCCCCCOC1CCCCO1. The van der Waals surface area contributed by atoms with Crippen LogP contribution in [0.1, 0.15) is 38.5 Å². The molecular formula is C14H27IO4. The third-order valence-electron chi connectivity index (χ3n) is 2.97. The predicted molar refractivity (Wildman–Crippen MR) is 83.9 cm³/mol. The molecule has 1 heterocycles. The highest BCUT2D eigenvalue weighted by Crippen LogP contribution is 2.14. The summed E-state index contributed by atoms with van der Waals surface area (Å²) in [5.41, 5.74) is 0. The van der Waals surface area contributed by atoms with E-state index in [-0.39, 0.29) is 6.29 Å². The molecule has 5 heteroatoms. The second-order valence-corrected chi connectivity index (χ2v) is 5.72. The molecule has 1 rings (SSSR count). The zero-order chi connectivity index (χ0) is 13.6. The van der Waals surface area contributed by atoms with E-state index in [2.05, 4.69) is 22.6 Å². The van der Waals surface area contributed by atoms with E-state index < -0.39 is 0 Å². The summed E-state index contributed by atoms with van der Waals surface area (Å²) >= 11 is 2.30. The zero-order valence-corrected chi connectivity index (χ0v) is 13.9. The number of hydrogen-bond donors (Lipinski definition) is 0. The summed E-state index contributed by atoms with van der Waals surface area (Å²) in [6.45, 7) is 4.74. The van der Waals surface area contributed by atoms with Crippen LogP contribution in [0.15, 0.2) is 0 Å². The van der Waals surface area contributed by atoms with Gasteiger partial charge in [-0.25, -0.2) is 0 Å². The Morgan fingerprint density at radius 1 is 0.895 bits per heavy atom. The summed E-state index contributed by atoms with van der Waals surface area (Å²) in [5, 5.41) is 0. The van der Waals surface area contributed by atoms with Crippen LogP contribution in [0.25, 0.3) is 0 Å². The molecule has 1 aliphatic rings. The minimum Gasteiger partial charge on any atom is -0.379 e. The van der Waals surface area contributed by atoms with Gasteiger partial charge in [-0.15, -0.1) is 0 Å². The third-order valence-corrected chi connectivity index (χ3v) is 3.41. The molecule has 114 valence electrons. The Morgan fingerprint density at radius 3 is 2.42 bits per heavy atom. The Hall–Kier alpha value is 0.570. The van der Waals surface area contributed by atoms with Gasteiger partial charge in [0.05, 0.1) is 19.8 Å². The molecule has 1 saturated heterocycles. The van der Waals surface area contributed by atoms with Crippen molar-refractivity contribution in [2.45, 2.75) is 44.8 Å². The molecule has 0 amide bonds. The van der Waals surface area contributed by atoms with Crippen LogP contribution in [0.3, 0.4) is 0 Å². The lowest BCUT2D eigenvalue weighted by molar-refractivity contribution is -0.162.